The summed E-state index contributed by atoms with van der Waals surface area (Å²) in [4.78, 5) is 15.3. The number of hydrogen-bond donors (Lipinski definition) is 1. The van der Waals surface area contributed by atoms with Crippen molar-refractivity contribution in [2.45, 2.75) is 30.0 Å². The van der Waals surface area contributed by atoms with Gasteiger partial charge in [0.05, 0.1) is 5.01 Å². The second kappa shape index (κ2) is 6.59. The van der Waals surface area contributed by atoms with E-state index in [-0.39, 0.29) is 15.4 Å². The fourth-order valence-corrected chi connectivity index (χ4v) is 5.77. The van der Waals surface area contributed by atoms with E-state index in [2.05, 4.69) is 20.5 Å². The molecule has 0 unspecified atom stereocenters. The van der Waals surface area contributed by atoms with Crippen molar-refractivity contribution in [2.24, 2.45) is 0 Å². The predicted octanol–water partition coefficient (Wildman–Crippen LogP) is 1.52. The van der Waals surface area contributed by atoms with E-state index in [1.807, 2.05) is 5.38 Å². The molecule has 1 amide bonds. The molecule has 11 heteroatoms. The quantitative estimate of drug-likeness (QED) is 0.815. The maximum absolute atomic E-state index is 12.6. The first-order valence-corrected chi connectivity index (χ1v) is 10.1. The van der Waals surface area contributed by atoms with E-state index >= 15 is 0 Å². The van der Waals surface area contributed by atoms with Gasteiger partial charge in [0.25, 0.3) is 10.0 Å². The average Bonchev–Trinajstić information content (AvgIpc) is 3.18. The summed E-state index contributed by atoms with van der Waals surface area (Å²) >= 11 is 2.47. The van der Waals surface area contributed by atoms with Crippen LogP contribution >= 0.6 is 22.7 Å². The number of carbonyl (C=O) groups is 1. The van der Waals surface area contributed by atoms with E-state index in [4.69, 9.17) is 0 Å². The molecule has 23 heavy (non-hydrogen) atoms. The largest absolute Gasteiger partial charge is 0.301 e. The highest BCUT2D eigenvalue weighted by atomic mass is 32.2. The van der Waals surface area contributed by atoms with E-state index in [0.29, 0.717) is 19.0 Å². The lowest BCUT2D eigenvalue weighted by atomic mass is 9.99. The molecule has 2 aromatic heterocycles. The van der Waals surface area contributed by atoms with E-state index in [1.54, 1.807) is 17.5 Å². The van der Waals surface area contributed by atoms with Crippen LogP contribution in [-0.4, -0.2) is 46.9 Å². The zero-order valence-corrected chi connectivity index (χ0v) is 14.7. The summed E-state index contributed by atoms with van der Waals surface area (Å²) in [5.74, 6) is 0.000158. The topological polar surface area (TPSA) is 105 Å². The van der Waals surface area contributed by atoms with Gasteiger partial charge in [-0.25, -0.2) is 13.4 Å². The third-order valence-corrected chi connectivity index (χ3v) is 7.53. The predicted molar refractivity (Wildman–Crippen MR) is 87.1 cm³/mol. The number of nitrogens with zero attached hydrogens (tertiary/aromatic N) is 4. The lowest BCUT2D eigenvalue weighted by Gasteiger charge is -2.29. The minimum atomic E-state index is -3.66. The Kier molecular flexibility index (Phi) is 4.71. The highest BCUT2D eigenvalue weighted by Crippen LogP contribution is 2.32. The molecule has 3 heterocycles. The summed E-state index contributed by atoms with van der Waals surface area (Å²) in [6.07, 6.45) is 3.25. The minimum absolute atomic E-state index is 0.0889. The van der Waals surface area contributed by atoms with Crippen LogP contribution in [0.3, 0.4) is 0 Å². The van der Waals surface area contributed by atoms with Crippen LogP contribution in [0.25, 0.3) is 0 Å². The highest BCUT2D eigenvalue weighted by molar-refractivity contribution is 7.91. The smallest absolute Gasteiger partial charge is 0.272 e. The Hall–Kier alpha value is -1.43. The number of sulfonamides is 1. The van der Waals surface area contributed by atoms with Gasteiger partial charge in [0, 0.05) is 37.5 Å². The van der Waals surface area contributed by atoms with Crippen LogP contribution < -0.4 is 5.32 Å². The molecule has 2 aromatic rings. The molecule has 1 aliphatic rings. The SMILES string of the molecule is CC(=O)Nc1nnc(S(=O)(=O)N2CCC(c3nccs3)CC2)s1. The van der Waals surface area contributed by atoms with Crippen molar-refractivity contribution in [3.05, 3.63) is 16.6 Å². The Morgan fingerprint density at radius 2 is 2.09 bits per heavy atom. The number of carbonyl (C=O) groups excluding carboxylic acids is 1. The average molecular weight is 373 g/mol. The van der Waals surface area contributed by atoms with Crippen LogP contribution in [0.5, 0.6) is 0 Å². The second-order valence-corrected chi connectivity index (χ2v) is 9.12. The monoisotopic (exact) mass is 373 g/mol. The maximum atomic E-state index is 12.6. The minimum Gasteiger partial charge on any atom is -0.301 e. The van der Waals surface area contributed by atoms with E-state index in [9.17, 15) is 13.2 Å². The van der Waals surface area contributed by atoms with Gasteiger partial charge in [-0.05, 0) is 12.8 Å². The molecule has 3 rings (SSSR count). The molecule has 0 aliphatic carbocycles. The molecule has 0 aromatic carbocycles. The van der Waals surface area contributed by atoms with Gasteiger partial charge in [-0.2, -0.15) is 4.31 Å². The van der Waals surface area contributed by atoms with E-state index in [0.717, 1.165) is 29.2 Å². The third kappa shape index (κ3) is 3.57. The van der Waals surface area contributed by atoms with Crippen LogP contribution in [0.15, 0.2) is 15.9 Å². The van der Waals surface area contributed by atoms with Crippen molar-refractivity contribution in [3.8, 4) is 0 Å². The number of piperidine rings is 1. The third-order valence-electron chi connectivity index (χ3n) is 3.50. The molecule has 0 atom stereocenters. The lowest BCUT2D eigenvalue weighted by molar-refractivity contribution is -0.114. The summed E-state index contributed by atoms with van der Waals surface area (Å²) in [5.41, 5.74) is 0. The van der Waals surface area contributed by atoms with Crippen LogP contribution in [0.2, 0.25) is 0 Å². The normalized spacial score (nSPS) is 17.3. The Bertz CT molecular complexity index is 779. The number of rotatable bonds is 4. The molecule has 1 aliphatic heterocycles. The maximum Gasteiger partial charge on any atom is 0.272 e. The van der Waals surface area contributed by atoms with Crippen molar-refractivity contribution in [3.63, 3.8) is 0 Å². The molecule has 1 fully saturated rings. The number of aromatic nitrogens is 3. The van der Waals surface area contributed by atoms with Crippen LogP contribution in [0.1, 0.15) is 30.7 Å². The molecule has 0 spiro atoms. The number of hydrogen-bond acceptors (Lipinski definition) is 8. The molecule has 0 bridgehead atoms. The highest BCUT2D eigenvalue weighted by Gasteiger charge is 2.33. The summed E-state index contributed by atoms with van der Waals surface area (Å²) in [6, 6.07) is 0. The van der Waals surface area contributed by atoms with Crippen molar-refractivity contribution in [1.82, 2.24) is 19.5 Å². The van der Waals surface area contributed by atoms with Gasteiger partial charge in [0.1, 0.15) is 0 Å². The van der Waals surface area contributed by atoms with Gasteiger partial charge in [0.15, 0.2) is 0 Å². The Labute approximate surface area is 141 Å². The fourth-order valence-electron chi connectivity index (χ4n) is 2.40. The molecular formula is C12H15N5O3S3. The summed E-state index contributed by atoms with van der Waals surface area (Å²) < 4.78 is 26.5. The van der Waals surface area contributed by atoms with E-state index < -0.39 is 10.0 Å². The molecule has 1 N–H and O–H groups in total. The number of anilines is 1. The van der Waals surface area contributed by atoms with Crippen molar-refractivity contribution >= 4 is 43.7 Å². The van der Waals surface area contributed by atoms with Crippen molar-refractivity contribution < 1.29 is 13.2 Å². The fraction of sp³-hybridized carbons (Fsp3) is 0.500. The zero-order valence-electron chi connectivity index (χ0n) is 12.3. The van der Waals surface area contributed by atoms with Crippen LogP contribution in [0, 0.1) is 0 Å². The Morgan fingerprint density at radius 1 is 1.35 bits per heavy atom. The molecule has 0 radical (unpaired) electrons. The van der Waals surface area contributed by atoms with Gasteiger partial charge in [-0.1, -0.05) is 11.3 Å². The summed E-state index contributed by atoms with van der Waals surface area (Å²) in [5, 5.41) is 13.0. The van der Waals surface area contributed by atoms with E-state index in [1.165, 1.54) is 11.2 Å². The molecule has 0 saturated carbocycles. The van der Waals surface area contributed by atoms with Crippen molar-refractivity contribution in [1.29, 1.82) is 0 Å². The molecule has 1 saturated heterocycles. The number of thiazole rings is 1. The molecule has 8 nitrogen and oxygen atoms in total. The first kappa shape index (κ1) is 16.4. The Balaban J connectivity index is 1.69. The Morgan fingerprint density at radius 3 is 2.70 bits per heavy atom. The van der Waals surface area contributed by atoms with Gasteiger partial charge in [0.2, 0.25) is 15.4 Å². The zero-order chi connectivity index (χ0) is 16.4. The van der Waals surface area contributed by atoms with Crippen molar-refractivity contribution in [2.75, 3.05) is 18.4 Å². The van der Waals surface area contributed by atoms with Gasteiger partial charge in [-0.3, -0.25) is 4.79 Å². The van der Waals surface area contributed by atoms with Crippen LogP contribution in [-0.2, 0) is 14.8 Å². The van der Waals surface area contributed by atoms with Gasteiger partial charge in [-0.15, -0.1) is 21.5 Å². The molecule has 124 valence electrons. The van der Waals surface area contributed by atoms with Gasteiger partial charge < -0.3 is 5.32 Å². The number of amides is 1. The van der Waals surface area contributed by atoms with Gasteiger partial charge >= 0.3 is 0 Å². The van der Waals surface area contributed by atoms with Crippen LogP contribution in [0.4, 0.5) is 5.13 Å². The lowest BCUT2D eigenvalue weighted by Crippen LogP contribution is -2.37. The summed E-state index contributed by atoms with van der Waals surface area (Å²) in [7, 11) is -3.66. The second-order valence-electron chi connectivity index (χ2n) is 5.10. The number of nitrogens with one attached hydrogen (secondary N) is 1. The first-order valence-electron chi connectivity index (χ1n) is 6.97. The molecular weight excluding hydrogens is 358 g/mol. The first-order chi connectivity index (χ1) is 11.0. The summed E-state index contributed by atoms with van der Waals surface area (Å²) in [6.45, 7) is 2.20. The standard InChI is InChI=1S/C12H15N5O3S3/c1-8(18)14-11-15-16-12(22-11)23(19,20)17-5-2-9(3-6-17)10-13-4-7-21-10/h4,7,9H,2-3,5-6H2,1H3,(H,14,15,18).